The molecule has 150 valence electrons. The van der Waals surface area contributed by atoms with Crippen molar-refractivity contribution in [3.8, 4) is 17.2 Å². The van der Waals surface area contributed by atoms with Crippen LogP contribution in [0.5, 0.6) is 17.2 Å². The molecule has 7 heteroatoms. The van der Waals surface area contributed by atoms with Crippen LogP contribution in [0.3, 0.4) is 0 Å². The second kappa shape index (κ2) is 6.69. The van der Waals surface area contributed by atoms with Crippen molar-refractivity contribution < 1.29 is 23.8 Å². The molecule has 0 N–H and O–H groups in total. The molecule has 5 rings (SSSR count). The van der Waals surface area contributed by atoms with E-state index in [4.69, 9.17) is 14.2 Å². The van der Waals surface area contributed by atoms with Gasteiger partial charge in [0, 0.05) is 18.7 Å². The van der Waals surface area contributed by atoms with Gasteiger partial charge in [-0.05, 0) is 55.2 Å². The lowest BCUT2D eigenvalue weighted by Gasteiger charge is -2.31. The molecule has 29 heavy (non-hydrogen) atoms. The van der Waals surface area contributed by atoms with E-state index in [2.05, 4.69) is 0 Å². The Hall–Kier alpha value is -3.22. The first-order chi connectivity index (χ1) is 14.1. The van der Waals surface area contributed by atoms with E-state index in [-0.39, 0.29) is 18.6 Å². The lowest BCUT2D eigenvalue weighted by atomic mass is 9.94. The average Bonchev–Trinajstić information content (AvgIpc) is 3.20. The molecule has 3 aliphatic rings. The number of amides is 2. The maximum Gasteiger partial charge on any atom is 0.272 e. The van der Waals surface area contributed by atoms with Gasteiger partial charge in [-0.1, -0.05) is 12.1 Å². The second-order valence-electron chi connectivity index (χ2n) is 7.59. The SMILES string of the molecule is COc1ccc(C2(C(=O)N3CCCN3C(=O)c3ccc4c(c3)OCO4)CC2)cc1. The molecule has 1 saturated heterocycles. The summed E-state index contributed by atoms with van der Waals surface area (Å²) in [5.41, 5.74) is 0.929. The molecular formula is C22H22N2O5. The summed E-state index contributed by atoms with van der Waals surface area (Å²) in [4.78, 5) is 26.6. The van der Waals surface area contributed by atoms with Gasteiger partial charge in [0.2, 0.25) is 6.79 Å². The molecule has 2 amide bonds. The topological polar surface area (TPSA) is 68.3 Å². The Morgan fingerprint density at radius 1 is 0.966 bits per heavy atom. The van der Waals surface area contributed by atoms with Crippen LogP contribution in [0, 0.1) is 0 Å². The zero-order valence-electron chi connectivity index (χ0n) is 16.2. The molecule has 1 saturated carbocycles. The predicted molar refractivity (Wildman–Crippen MR) is 104 cm³/mol. The molecule has 7 nitrogen and oxygen atoms in total. The smallest absolute Gasteiger partial charge is 0.272 e. The first kappa shape index (κ1) is 17.8. The molecule has 0 radical (unpaired) electrons. The van der Waals surface area contributed by atoms with Crippen molar-refractivity contribution in [2.75, 3.05) is 27.0 Å². The van der Waals surface area contributed by atoms with Crippen LogP contribution in [-0.4, -0.2) is 48.8 Å². The minimum Gasteiger partial charge on any atom is -0.497 e. The van der Waals surface area contributed by atoms with Crippen LogP contribution in [0.15, 0.2) is 42.5 Å². The Morgan fingerprint density at radius 3 is 2.41 bits per heavy atom. The molecule has 1 aliphatic carbocycles. The van der Waals surface area contributed by atoms with E-state index in [0.29, 0.717) is 30.2 Å². The number of benzene rings is 2. The maximum absolute atomic E-state index is 13.5. The highest BCUT2D eigenvalue weighted by Crippen LogP contribution is 2.50. The lowest BCUT2D eigenvalue weighted by molar-refractivity contribution is -0.143. The summed E-state index contributed by atoms with van der Waals surface area (Å²) in [5, 5.41) is 3.20. The van der Waals surface area contributed by atoms with Gasteiger partial charge in [-0.25, -0.2) is 5.01 Å². The van der Waals surface area contributed by atoms with Gasteiger partial charge < -0.3 is 14.2 Å². The Balaban J connectivity index is 1.38. The van der Waals surface area contributed by atoms with Gasteiger partial charge in [0.1, 0.15) is 5.75 Å². The van der Waals surface area contributed by atoms with E-state index < -0.39 is 5.41 Å². The van der Waals surface area contributed by atoms with Crippen molar-refractivity contribution in [1.82, 2.24) is 10.0 Å². The number of hydrogen-bond donors (Lipinski definition) is 0. The average molecular weight is 394 g/mol. The molecule has 2 aliphatic heterocycles. The van der Waals surface area contributed by atoms with Crippen molar-refractivity contribution >= 4 is 11.8 Å². The number of fused-ring (bicyclic) bond motifs is 1. The van der Waals surface area contributed by atoms with Gasteiger partial charge in [0.05, 0.1) is 12.5 Å². The zero-order chi connectivity index (χ0) is 20.0. The standard InChI is InChI=1S/C22H22N2O5/c1-27-17-6-4-16(5-7-17)22(9-10-22)21(26)24-12-2-11-23(24)20(25)15-3-8-18-19(13-15)29-14-28-18/h3-8,13H,2,9-12,14H2,1H3. The third-order valence-corrected chi connectivity index (χ3v) is 5.92. The molecule has 2 aromatic rings. The number of carbonyl (C=O) groups excluding carboxylic acids is 2. The van der Waals surface area contributed by atoms with Crippen LogP contribution in [0.1, 0.15) is 35.2 Å². The largest absolute Gasteiger partial charge is 0.497 e. The second-order valence-corrected chi connectivity index (χ2v) is 7.59. The van der Waals surface area contributed by atoms with Crippen molar-refractivity contribution in [2.45, 2.75) is 24.7 Å². The Labute approximate surface area is 168 Å². The zero-order valence-corrected chi connectivity index (χ0v) is 16.2. The van der Waals surface area contributed by atoms with Crippen LogP contribution in [0.2, 0.25) is 0 Å². The highest BCUT2D eigenvalue weighted by molar-refractivity contribution is 5.98. The fraction of sp³-hybridized carbons (Fsp3) is 0.364. The van der Waals surface area contributed by atoms with Gasteiger partial charge in [-0.2, -0.15) is 0 Å². The first-order valence-electron chi connectivity index (χ1n) is 9.80. The van der Waals surface area contributed by atoms with Gasteiger partial charge in [0.25, 0.3) is 11.8 Å². The highest BCUT2D eigenvalue weighted by atomic mass is 16.7. The van der Waals surface area contributed by atoms with Crippen LogP contribution >= 0.6 is 0 Å². The first-order valence-corrected chi connectivity index (χ1v) is 9.80. The lowest BCUT2D eigenvalue weighted by Crippen LogP contribution is -2.48. The summed E-state index contributed by atoms with van der Waals surface area (Å²) in [6.07, 6.45) is 2.35. The third-order valence-electron chi connectivity index (χ3n) is 5.92. The van der Waals surface area contributed by atoms with Crippen LogP contribution in [0.4, 0.5) is 0 Å². The van der Waals surface area contributed by atoms with Crippen LogP contribution in [-0.2, 0) is 10.2 Å². The normalized spacial score (nSPS) is 18.7. The van der Waals surface area contributed by atoms with Crippen molar-refractivity contribution in [1.29, 1.82) is 0 Å². The fourth-order valence-corrected chi connectivity index (χ4v) is 4.12. The molecule has 0 bridgehead atoms. The number of carbonyl (C=O) groups is 2. The van der Waals surface area contributed by atoms with Crippen LogP contribution < -0.4 is 14.2 Å². The summed E-state index contributed by atoms with van der Waals surface area (Å²) in [6, 6.07) is 12.8. The highest BCUT2D eigenvalue weighted by Gasteiger charge is 2.55. The van der Waals surface area contributed by atoms with E-state index in [0.717, 1.165) is 30.6 Å². The van der Waals surface area contributed by atoms with E-state index in [1.165, 1.54) is 0 Å². The van der Waals surface area contributed by atoms with E-state index in [1.54, 1.807) is 35.3 Å². The van der Waals surface area contributed by atoms with Gasteiger partial charge >= 0.3 is 0 Å². The van der Waals surface area contributed by atoms with Gasteiger partial charge in [-0.15, -0.1) is 0 Å². The number of rotatable bonds is 4. The fourth-order valence-electron chi connectivity index (χ4n) is 4.12. The molecule has 0 aromatic heterocycles. The molecule has 2 aromatic carbocycles. The summed E-state index contributed by atoms with van der Waals surface area (Å²) in [6.45, 7) is 1.23. The van der Waals surface area contributed by atoms with E-state index >= 15 is 0 Å². The summed E-state index contributed by atoms with van der Waals surface area (Å²) < 4.78 is 15.9. The maximum atomic E-state index is 13.5. The van der Waals surface area contributed by atoms with Crippen molar-refractivity contribution in [3.05, 3.63) is 53.6 Å². The number of ether oxygens (including phenoxy) is 3. The monoisotopic (exact) mass is 394 g/mol. The van der Waals surface area contributed by atoms with Crippen molar-refractivity contribution in [2.24, 2.45) is 0 Å². The van der Waals surface area contributed by atoms with E-state index in [9.17, 15) is 9.59 Å². The van der Waals surface area contributed by atoms with Gasteiger partial charge in [0.15, 0.2) is 11.5 Å². The minimum absolute atomic E-state index is 0.00531. The predicted octanol–water partition coefficient (Wildman–Crippen LogP) is 2.75. The minimum atomic E-state index is -0.538. The Bertz CT molecular complexity index is 968. The molecular weight excluding hydrogens is 372 g/mol. The van der Waals surface area contributed by atoms with Crippen molar-refractivity contribution in [3.63, 3.8) is 0 Å². The van der Waals surface area contributed by atoms with E-state index in [1.807, 2.05) is 24.3 Å². The third kappa shape index (κ3) is 2.88. The quantitative estimate of drug-likeness (QED) is 0.798. The molecule has 0 spiro atoms. The Kier molecular flexibility index (Phi) is 4.12. The molecule has 2 fully saturated rings. The molecule has 0 unspecified atom stereocenters. The van der Waals surface area contributed by atoms with Crippen LogP contribution in [0.25, 0.3) is 0 Å². The summed E-state index contributed by atoms with van der Waals surface area (Å²) >= 11 is 0. The molecule has 2 heterocycles. The summed E-state index contributed by atoms with van der Waals surface area (Å²) in [5.74, 6) is 1.75. The number of methoxy groups -OCH3 is 1. The Morgan fingerprint density at radius 2 is 1.69 bits per heavy atom. The summed E-state index contributed by atoms with van der Waals surface area (Å²) in [7, 11) is 1.62. The number of hydrazine groups is 1. The number of nitrogens with zero attached hydrogens (tertiary/aromatic N) is 2. The van der Waals surface area contributed by atoms with Gasteiger partial charge in [-0.3, -0.25) is 14.6 Å². The molecule has 0 atom stereocenters. The number of hydrogen-bond acceptors (Lipinski definition) is 5.